The van der Waals surface area contributed by atoms with Crippen molar-refractivity contribution in [1.82, 2.24) is 4.90 Å². The molecule has 6 atom stereocenters. The fourth-order valence-corrected chi connectivity index (χ4v) is 8.49. The molecule has 0 heterocycles. The monoisotopic (exact) mass is 505 g/mol. The summed E-state index contributed by atoms with van der Waals surface area (Å²) in [5.74, 6) is 5.75. The zero-order valence-electron chi connectivity index (χ0n) is 23.6. The van der Waals surface area contributed by atoms with Crippen LogP contribution in [0.3, 0.4) is 0 Å². The lowest BCUT2D eigenvalue weighted by atomic mass is 9.51. The predicted octanol–water partition coefficient (Wildman–Crippen LogP) is 7.43. The lowest BCUT2D eigenvalue weighted by molar-refractivity contribution is 0.000862. The molecule has 0 aliphatic heterocycles. The highest BCUT2D eigenvalue weighted by Crippen LogP contribution is 2.64. The van der Waals surface area contributed by atoms with E-state index in [1.165, 1.54) is 42.4 Å². The van der Waals surface area contributed by atoms with E-state index in [0.717, 1.165) is 68.3 Å². The Morgan fingerprint density at radius 1 is 1.03 bits per heavy atom. The topological polar surface area (TPSA) is 41.9 Å². The van der Waals surface area contributed by atoms with Crippen molar-refractivity contribution in [3.05, 3.63) is 53.1 Å². The SMILES string of the molecule is CCN(CC)Cc1ccc(OCC[C@H]2CCC3C4C(CCC32C)c2ccc(O)cc2C[C@H]4C)c(OC)c1. The van der Waals surface area contributed by atoms with Gasteiger partial charge in [0.1, 0.15) is 5.75 Å². The van der Waals surface area contributed by atoms with Gasteiger partial charge < -0.3 is 14.6 Å². The maximum Gasteiger partial charge on any atom is 0.161 e. The van der Waals surface area contributed by atoms with Crippen LogP contribution in [0, 0.1) is 29.1 Å². The quantitative estimate of drug-likeness (QED) is 0.385. The van der Waals surface area contributed by atoms with Crippen LogP contribution < -0.4 is 9.47 Å². The molecule has 2 aromatic carbocycles. The Morgan fingerprint density at radius 2 is 1.84 bits per heavy atom. The van der Waals surface area contributed by atoms with E-state index >= 15 is 0 Å². The smallest absolute Gasteiger partial charge is 0.161 e. The fraction of sp³-hybridized carbons (Fsp3) is 0.636. The van der Waals surface area contributed by atoms with Crippen molar-refractivity contribution in [2.45, 2.75) is 78.7 Å². The van der Waals surface area contributed by atoms with Crippen LogP contribution in [-0.2, 0) is 13.0 Å². The molecule has 0 aromatic heterocycles. The van der Waals surface area contributed by atoms with Gasteiger partial charge in [0.25, 0.3) is 0 Å². The van der Waals surface area contributed by atoms with E-state index in [4.69, 9.17) is 9.47 Å². The number of benzene rings is 2. The molecule has 4 heteroatoms. The average molecular weight is 506 g/mol. The largest absolute Gasteiger partial charge is 0.508 e. The van der Waals surface area contributed by atoms with Crippen LogP contribution in [0.15, 0.2) is 36.4 Å². The molecule has 4 nitrogen and oxygen atoms in total. The van der Waals surface area contributed by atoms with Gasteiger partial charge in [-0.05, 0) is 128 Å². The predicted molar refractivity (Wildman–Crippen MR) is 150 cm³/mol. The second-order valence-electron chi connectivity index (χ2n) is 12.3. The summed E-state index contributed by atoms with van der Waals surface area (Å²) < 4.78 is 12.1. The van der Waals surface area contributed by atoms with Crippen LogP contribution in [0.1, 0.15) is 82.4 Å². The number of aromatic hydroxyl groups is 1. The number of ether oxygens (including phenoxy) is 2. The molecular weight excluding hydrogens is 458 g/mol. The first-order valence-corrected chi connectivity index (χ1v) is 14.7. The minimum absolute atomic E-state index is 0.408. The van der Waals surface area contributed by atoms with Crippen LogP contribution in [-0.4, -0.2) is 36.8 Å². The Hall–Kier alpha value is -2.20. The van der Waals surface area contributed by atoms with Gasteiger partial charge in [-0.1, -0.05) is 39.8 Å². The summed E-state index contributed by atoms with van der Waals surface area (Å²) in [4.78, 5) is 2.41. The molecule has 0 bridgehead atoms. The minimum atomic E-state index is 0.408. The van der Waals surface area contributed by atoms with Crippen molar-refractivity contribution in [3.63, 3.8) is 0 Å². The van der Waals surface area contributed by atoms with Crippen LogP contribution in [0.2, 0.25) is 0 Å². The molecule has 1 N–H and O–H groups in total. The minimum Gasteiger partial charge on any atom is -0.508 e. The maximum atomic E-state index is 10.0. The summed E-state index contributed by atoms with van der Waals surface area (Å²) >= 11 is 0. The Bertz CT molecular complexity index is 1080. The van der Waals surface area contributed by atoms with Gasteiger partial charge in [-0.25, -0.2) is 0 Å². The van der Waals surface area contributed by atoms with Gasteiger partial charge in [0.05, 0.1) is 13.7 Å². The second-order valence-corrected chi connectivity index (χ2v) is 12.3. The van der Waals surface area contributed by atoms with E-state index in [1.54, 1.807) is 7.11 Å². The second kappa shape index (κ2) is 10.9. The first-order chi connectivity index (χ1) is 17.9. The van der Waals surface area contributed by atoms with Crippen molar-refractivity contribution in [1.29, 1.82) is 0 Å². The van der Waals surface area contributed by atoms with E-state index in [2.05, 4.69) is 56.9 Å². The third kappa shape index (κ3) is 4.99. The van der Waals surface area contributed by atoms with E-state index in [9.17, 15) is 5.11 Å². The van der Waals surface area contributed by atoms with Gasteiger partial charge in [-0.2, -0.15) is 0 Å². The Balaban J connectivity index is 1.23. The van der Waals surface area contributed by atoms with Gasteiger partial charge in [0, 0.05) is 6.54 Å². The third-order valence-corrected chi connectivity index (χ3v) is 10.5. The van der Waals surface area contributed by atoms with Gasteiger partial charge >= 0.3 is 0 Å². The standard InChI is InChI=1S/C33H47NO3/c1-6-34(7-2)21-23-8-13-30(31(19-23)36-5)37-17-15-25-9-12-29-32-22(3)18-24-20-26(35)10-11-27(24)28(32)14-16-33(25,29)4/h8,10-11,13,19-20,22,25,28-29,32,35H,6-7,9,12,14-18,21H2,1-5H3/t22-,25-,28?,29?,32?,33?/m1/s1. The number of methoxy groups -OCH3 is 1. The Kier molecular flexibility index (Phi) is 7.77. The van der Waals surface area contributed by atoms with Crippen LogP contribution in [0.25, 0.3) is 0 Å². The van der Waals surface area contributed by atoms with Gasteiger partial charge in [0.15, 0.2) is 11.5 Å². The molecule has 3 aliphatic rings. The first kappa shape index (κ1) is 26.4. The highest BCUT2D eigenvalue weighted by Gasteiger charge is 2.55. The van der Waals surface area contributed by atoms with E-state index in [0.29, 0.717) is 23.0 Å². The zero-order valence-corrected chi connectivity index (χ0v) is 23.6. The van der Waals surface area contributed by atoms with Crippen LogP contribution in [0.4, 0.5) is 0 Å². The summed E-state index contributed by atoms with van der Waals surface area (Å²) in [5, 5.41) is 10.0. The summed E-state index contributed by atoms with van der Waals surface area (Å²) in [5.41, 5.74) is 4.59. The average Bonchev–Trinajstić information content (AvgIpc) is 3.23. The summed E-state index contributed by atoms with van der Waals surface area (Å²) in [7, 11) is 1.75. The zero-order chi connectivity index (χ0) is 26.2. The van der Waals surface area contributed by atoms with Gasteiger partial charge in [0.2, 0.25) is 0 Å². The first-order valence-electron chi connectivity index (χ1n) is 14.7. The number of hydrogen-bond acceptors (Lipinski definition) is 4. The fourth-order valence-electron chi connectivity index (χ4n) is 8.49. The van der Waals surface area contributed by atoms with Crippen molar-refractivity contribution in [2.75, 3.05) is 26.8 Å². The molecule has 202 valence electrons. The molecule has 2 aromatic rings. The summed E-state index contributed by atoms with van der Waals surface area (Å²) in [6, 6.07) is 12.6. The lowest BCUT2D eigenvalue weighted by Crippen LogP contribution is -2.45. The Morgan fingerprint density at radius 3 is 2.59 bits per heavy atom. The molecule has 0 saturated heterocycles. The van der Waals surface area contributed by atoms with Gasteiger partial charge in [-0.3, -0.25) is 4.90 Å². The molecule has 0 radical (unpaired) electrons. The molecule has 0 spiro atoms. The Labute approximate surface area is 224 Å². The van der Waals surface area contributed by atoms with Crippen molar-refractivity contribution in [2.24, 2.45) is 29.1 Å². The van der Waals surface area contributed by atoms with Crippen LogP contribution in [0.5, 0.6) is 17.2 Å². The molecule has 2 saturated carbocycles. The normalized spacial score (nSPS) is 30.5. The summed E-state index contributed by atoms with van der Waals surface area (Å²) in [6.07, 6.45) is 7.48. The van der Waals surface area contributed by atoms with E-state index < -0.39 is 0 Å². The highest BCUT2D eigenvalue weighted by molar-refractivity contribution is 5.43. The van der Waals surface area contributed by atoms with Crippen molar-refractivity contribution >= 4 is 0 Å². The molecule has 0 amide bonds. The number of fused-ring (bicyclic) bond motifs is 5. The van der Waals surface area contributed by atoms with Crippen LogP contribution >= 0.6 is 0 Å². The maximum absolute atomic E-state index is 10.0. The molecule has 2 fully saturated rings. The van der Waals surface area contributed by atoms with Gasteiger partial charge in [-0.15, -0.1) is 0 Å². The van der Waals surface area contributed by atoms with Crippen molar-refractivity contribution in [3.8, 4) is 17.2 Å². The number of hydrogen-bond donors (Lipinski definition) is 1. The lowest BCUT2D eigenvalue weighted by Gasteiger charge is -2.53. The summed E-state index contributed by atoms with van der Waals surface area (Å²) in [6.45, 7) is 13.3. The molecular formula is C33H47NO3. The molecule has 5 rings (SSSR count). The van der Waals surface area contributed by atoms with Crippen molar-refractivity contribution < 1.29 is 14.6 Å². The number of phenols is 1. The number of nitrogens with zero attached hydrogens (tertiary/aromatic N) is 1. The van der Waals surface area contributed by atoms with E-state index in [1.807, 2.05) is 12.1 Å². The molecule has 4 unspecified atom stereocenters. The highest BCUT2D eigenvalue weighted by atomic mass is 16.5. The number of rotatable bonds is 9. The molecule has 3 aliphatic carbocycles. The molecule has 37 heavy (non-hydrogen) atoms. The third-order valence-electron chi connectivity index (χ3n) is 10.5. The van der Waals surface area contributed by atoms with E-state index in [-0.39, 0.29) is 0 Å². The number of phenolic OH excluding ortho intramolecular Hbond substituents is 1.